The average molecular weight is 309 g/mol. The summed E-state index contributed by atoms with van der Waals surface area (Å²) in [6, 6.07) is 9.01. The third-order valence-corrected chi connectivity index (χ3v) is 4.17. The van der Waals surface area contributed by atoms with E-state index in [2.05, 4.69) is 4.72 Å². The molecule has 0 atom stereocenters. The number of benzene rings is 2. The lowest BCUT2D eigenvalue weighted by Crippen LogP contribution is -2.14. The number of rotatable bonds is 4. The molecule has 21 heavy (non-hydrogen) atoms. The summed E-state index contributed by atoms with van der Waals surface area (Å²) in [7, 11) is -3.92. The molecule has 0 bridgehead atoms. The van der Waals surface area contributed by atoms with Gasteiger partial charge in [0.1, 0.15) is 5.82 Å². The molecule has 2 rings (SSSR count). The quantitative estimate of drug-likeness (QED) is 0.909. The van der Waals surface area contributed by atoms with Gasteiger partial charge in [-0.05, 0) is 37.3 Å². The van der Waals surface area contributed by atoms with E-state index in [1.807, 2.05) is 6.92 Å². The highest BCUT2D eigenvalue weighted by atomic mass is 32.2. The van der Waals surface area contributed by atoms with Gasteiger partial charge in [-0.15, -0.1) is 0 Å². The van der Waals surface area contributed by atoms with E-state index >= 15 is 0 Å². The van der Waals surface area contributed by atoms with Crippen molar-refractivity contribution in [1.82, 2.24) is 0 Å². The Balaban J connectivity index is 2.32. The largest absolute Gasteiger partial charge is 0.478 e. The maximum Gasteiger partial charge on any atom is 0.335 e. The van der Waals surface area contributed by atoms with E-state index < -0.39 is 21.8 Å². The molecular formula is C14H12FNO4S. The van der Waals surface area contributed by atoms with Crippen molar-refractivity contribution in [2.75, 3.05) is 4.72 Å². The average Bonchev–Trinajstić information content (AvgIpc) is 2.41. The third-order valence-electron chi connectivity index (χ3n) is 2.79. The Morgan fingerprint density at radius 3 is 2.29 bits per heavy atom. The van der Waals surface area contributed by atoms with Crippen molar-refractivity contribution in [2.24, 2.45) is 0 Å². The predicted molar refractivity (Wildman–Crippen MR) is 75.3 cm³/mol. The summed E-state index contributed by atoms with van der Waals surface area (Å²) in [4.78, 5) is 10.7. The molecule has 0 saturated carbocycles. The number of sulfonamides is 1. The number of carbonyl (C=O) groups is 1. The number of hydrogen-bond acceptors (Lipinski definition) is 3. The molecule has 0 radical (unpaired) electrons. The molecular weight excluding hydrogens is 297 g/mol. The lowest BCUT2D eigenvalue weighted by Gasteiger charge is -2.09. The van der Waals surface area contributed by atoms with Crippen LogP contribution in [0.2, 0.25) is 0 Å². The highest BCUT2D eigenvalue weighted by molar-refractivity contribution is 7.92. The van der Waals surface area contributed by atoms with Crippen molar-refractivity contribution in [2.45, 2.75) is 11.8 Å². The van der Waals surface area contributed by atoms with Gasteiger partial charge < -0.3 is 5.11 Å². The first-order chi connectivity index (χ1) is 9.79. The van der Waals surface area contributed by atoms with Crippen molar-refractivity contribution in [1.29, 1.82) is 0 Å². The Morgan fingerprint density at radius 1 is 1.14 bits per heavy atom. The zero-order valence-electron chi connectivity index (χ0n) is 11.0. The van der Waals surface area contributed by atoms with Crippen LogP contribution >= 0.6 is 0 Å². The van der Waals surface area contributed by atoms with Crippen LogP contribution in [0, 0.1) is 12.7 Å². The van der Waals surface area contributed by atoms with Crippen molar-refractivity contribution in [3.05, 3.63) is 59.4 Å². The van der Waals surface area contributed by atoms with Crippen LogP contribution in [0.25, 0.3) is 0 Å². The molecule has 2 aromatic carbocycles. The van der Waals surface area contributed by atoms with E-state index in [0.717, 1.165) is 23.8 Å². The van der Waals surface area contributed by atoms with Crippen molar-refractivity contribution in [3.63, 3.8) is 0 Å². The number of aryl methyl sites for hydroxylation is 1. The van der Waals surface area contributed by atoms with Crippen molar-refractivity contribution >= 4 is 21.7 Å². The monoisotopic (exact) mass is 309 g/mol. The molecule has 0 aromatic heterocycles. The molecule has 5 nitrogen and oxygen atoms in total. The Hall–Kier alpha value is -2.41. The van der Waals surface area contributed by atoms with Crippen LogP contribution in [-0.2, 0) is 10.0 Å². The van der Waals surface area contributed by atoms with Crippen LogP contribution in [0.1, 0.15) is 15.9 Å². The molecule has 0 saturated heterocycles. The molecule has 2 aromatic rings. The molecule has 0 aliphatic rings. The molecule has 0 heterocycles. The van der Waals surface area contributed by atoms with Gasteiger partial charge in [-0.2, -0.15) is 0 Å². The molecule has 0 amide bonds. The highest BCUT2D eigenvalue weighted by Crippen LogP contribution is 2.20. The second kappa shape index (κ2) is 5.53. The summed E-state index contributed by atoms with van der Waals surface area (Å²) >= 11 is 0. The fourth-order valence-corrected chi connectivity index (χ4v) is 2.72. The van der Waals surface area contributed by atoms with Gasteiger partial charge in [-0.3, -0.25) is 4.72 Å². The molecule has 0 spiro atoms. The first-order valence-corrected chi connectivity index (χ1v) is 7.40. The maximum atomic E-state index is 13.7. The van der Waals surface area contributed by atoms with Crippen LogP contribution in [0.15, 0.2) is 47.4 Å². The van der Waals surface area contributed by atoms with E-state index in [4.69, 9.17) is 5.11 Å². The van der Waals surface area contributed by atoms with Gasteiger partial charge in [0.05, 0.1) is 16.1 Å². The number of anilines is 1. The summed E-state index contributed by atoms with van der Waals surface area (Å²) in [5, 5.41) is 8.73. The molecule has 7 heteroatoms. The van der Waals surface area contributed by atoms with Crippen LogP contribution in [0.3, 0.4) is 0 Å². The Kier molecular flexibility index (Phi) is 3.95. The van der Waals surface area contributed by atoms with Gasteiger partial charge in [-0.25, -0.2) is 17.6 Å². The molecule has 2 N–H and O–H groups in total. The summed E-state index contributed by atoms with van der Waals surface area (Å²) in [6.07, 6.45) is 0. The number of aromatic carboxylic acids is 1. The van der Waals surface area contributed by atoms with Crippen LogP contribution < -0.4 is 4.72 Å². The highest BCUT2D eigenvalue weighted by Gasteiger charge is 2.17. The second-order valence-corrected chi connectivity index (χ2v) is 6.10. The number of halogens is 1. The summed E-state index contributed by atoms with van der Waals surface area (Å²) in [5.41, 5.74) is 0.331. The lowest BCUT2D eigenvalue weighted by atomic mass is 10.2. The summed E-state index contributed by atoms with van der Waals surface area (Å²) in [5.74, 6) is -2.24. The minimum absolute atomic E-state index is 0.00480. The minimum atomic E-state index is -3.92. The van der Waals surface area contributed by atoms with E-state index in [1.165, 1.54) is 12.1 Å². The van der Waals surface area contributed by atoms with Gasteiger partial charge in [-0.1, -0.05) is 17.7 Å². The molecule has 0 aliphatic carbocycles. The molecule has 0 fully saturated rings. The van der Waals surface area contributed by atoms with E-state index in [-0.39, 0.29) is 16.1 Å². The number of nitrogens with one attached hydrogen (secondary N) is 1. The number of carboxylic acids is 1. The van der Waals surface area contributed by atoms with Crippen molar-refractivity contribution < 1.29 is 22.7 Å². The third kappa shape index (κ3) is 3.38. The summed E-state index contributed by atoms with van der Waals surface area (Å²) in [6.45, 7) is 1.81. The first kappa shape index (κ1) is 15.0. The number of hydrogen-bond donors (Lipinski definition) is 2. The topological polar surface area (TPSA) is 83.5 Å². The zero-order chi connectivity index (χ0) is 15.6. The first-order valence-electron chi connectivity index (χ1n) is 5.92. The van der Waals surface area contributed by atoms with Gasteiger partial charge in [0.15, 0.2) is 0 Å². The zero-order valence-corrected chi connectivity index (χ0v) is 11.8. The smallest absolute Gasteiger partial charge is 0.335 e. The van der Waals surface area contributed by atoms with Crippen LogP contribution in [-0.4, -0.2) is 19.5 Å². The second-order valence-electron chi connectivity index (χ2n) is 4.42. The predicted octanol–water partition coefficient (Wildman–Crippen LogP) is 2.63. The maximum absolute atomic E-state index is 13.7. The minimum Gasteiger partial charge on any atom is -0.478 e. The van der Waals surface area contributed by atoms with Crippen molar-refractivity contribution in [3.8, 4) is 0 Å². The Morgan fingerprint density at radius 2 is 1.76 bits per heavy atom. The van der Waals surface area contributed by atoms with E-state index in [1.54, 1.807) is 12.1 Å². The van der Waals surface area contributed by atoms with E-state index in [0.29, 0.717) is 0 Å². The fraction of sp³-hybridized carbons (Fsp3) is 0.0714. The van der Waals surface area contributed by atoms with Gasteiger partial charge in [0.25, 0.3) is 10.0 Å². The fourth-order valence-electron chi connectivity index (χ4n) is 1.65. The van der Waals surface area contributed by atoms with Gasteiger partial charge in [0, 0.05) is 0 Å². The Bertz CT molecular complexity index is 785. The summed E-state index contributed by atoms with van der Waals surface area (Å²) < 4.78 is 40.0. The normalized spacial score (nSPS) is 11.1. The van der Waals surface area contributed by atoms with Crippen LogP contribution in [0.4, 0.5) is 10.1 Å². The molecule has 0 aliphatic heterocycles. The number of carboxylic acid groups (broad SMARTS) is 1. The van der Waals surface area contributed by atoms with Crippen LogP contribution in [0.5, 0.6) is 0 Å². The SMILES string of the molecule is Cc1ccc(S(=O)(=O)Nc2ccc(C(=O)O)cc2F)cc1. The molecule has 110 valence electrons. The lowest BCUT2D eigenvalue weighted by molar-refractivity contribution is 0.0696. The van der Waals surface area contributed by atoms with E-state index in [9.17, 15) is 17.6 Å². The van der Waals surface area contributed by atoms with Gasteiger partial charge in [0.2, 0.25) is 0 Å². The Labute approximate surface area is 121 Å². The van der Waals surface area contributed by atoms with Gasteiger partial charge >= 0.3 is 5.97 Å². The molecule has 0 unspecified atom stereocenters. The standard InChI is InChI=1S/C14H12FNO4S/c1-9-2-5-11(6-3-9)21(19,20)16-13-7-4-10(14(17)18)8-12(13)15/h2-8,16H,1H3,(H,17,18).